The number of rotatable bonds is 10. The SMILES string of the molecule is CC1(CCCCC[C@H](NC(=O)c2ccc(F)cc2)C(=O)N2CCOCC2)C[C@H]1c1ccc(F)cc1. The van der Waals surface area contributed by atoms with E-state index in [2.05, 4.69) is 12.2 Å². The van der Waals surface area contributed by atoms with E-state index in [-0.39, 0.29) is 23.0 Å². The average Bonchev–Trinajstić information content (AvgIpc) is 3.55. The third-order valence-corrected chi connectivity index (χ3v) is 7.40. The van der Waals surface area contributed by atoms with E-state index >= 15 is 0 Å². The second kappa shape index (κ2) is 11.3. The van der Waals surface area contributed by atoms with Crippen molar-refractivity contribution < 1.29 is 23.1 Å². The maximum absolute atomic E-state index is 13.2. The van der Waals surface area contributed by atoms with Crippen LogP contribution >= 0.6 is 0 Å². The molecule has 1 saturated carbocycles. The van der Waals surface area contributed by atoms with Gasteiger partial charge in [-0.25, -0.2) is 8.78 Å². The van der Waals surface area contributed by atoms with Crippen LogP contribution in [0.1, 0.15) is 67.3 Å². The molecule has 1 N–H and O–H groups in total. The number of nitrogens with one attached hydrogen (secondary N) is 1. The van der Waals surface area contributed by atoms with Gasteiger partial charge in [0.1, 0.15) is 17.7 Å². The van der Waals surface area contributed by atoms with Crippen LogP contribution in [-0.2, 0) is 9.53 Å². The van der Waals surface area contributed by atoms with Gasteiger partial charge in [0.05, 0.1) is 13.2 Å². The van der Waals surface area contributed by atoms with E-state index in [1.54, 1.807) is 4.90 Å². The number of hydrogen-bond acceptors (Lipinski definition) is 3. The highest BCUT2D eigenvalue weighted by atomic mass is 19.1. The molecular weight excluding hydrogens is 450 g/mol. The molecule has 188 valence electrons. The van der Waals surface area contributed by atoms with Gasteiger partial charge in [-0.1, -0.05) is 38.3 Å². The van der Waals surface area contributed by atoms with E-state index in [1.165, 1.54) is 42.0 Å². The lowest BCUT2D eigenvalue weighted by atomic mass is 9.94. The van der Waals surface area contributed by atoms with Gasteiger partial charge in [0.15, 0.2) is 0 Å². The van der Waals surface area contributed by atoms with Crippen LogP contribution in [-0.4, -0.2) is 49.1 Å². The highest BCUT2D eigenvalue weighted by Gasteiger charge is 2.49. The van der Waals surface area contributed by atoms with Crippen LogP contribution in [0.5, 0.6) is 0 Å². The second-order valence-corrected chi connectivity index (χ2v) is 10.0. The Morgan fingerprint density at radius 1 is 1.00 bits per heavy atom. The summed E-state index contributed by atoms with van der Waals surface area (Å²) in [4.78, 5) is 27.6. The Labute approximate surface area is 205 Å². The van der Waals surface area contributed by atoms with Crippen molar-refractivity contribution in [3.05, 3.63) is 71.3 Å². The zero-order chi connectivity index (χ0) is 24.8. The van der Waals surface area contributed by atoms with Crippen molar-refractivity contribution in [2.45, 2.75) is 57.4 Å². The lowest BCUT2D eigenvalue weighted by molar-refractivity contribution is -0.137. The average molecular weight is 485 g/mol. The van der Waals surface area contributed by atoms with Crippen LogP contribution in [0.3, 0.4) is 0 Å². The van der Waals surface area contributed by atoms with Gasteiger partial charge >= 0.3 is 0 Å². The Hall–Kier alpha value is -2.80. The van der Waals surface area contributed by atoms with Gasteiger partial charge in [-0.15, -0.1) is 0 Å². The van der Waals surface area contributed by atoms with Crippen LogP contribution in [0.25, 0.3) is 0 Å². The van der Waals surface area contributed by atoms with E-state index in [9.17, 15) is 18.4 Å². The van der Waals surface area contributed by atoms with E-state index in [4.69, 9.17) is 4.74 Å². The van der Waals surface area contributed by atoms with Crippen LogP contribution < -0.4 is 5.32 Å². The Bertz CT molecular complexity index is 1010. The Morgan fingerprint density at radius 3 is 2.29 bits per heavy atom. The summed E-state index contributed by atoms with van der Waals surface area (Å²) in [5.41, 5.74) is 1.78. The molecule has 2 amide bonds. The minimum Gasteiger partial charge on any atom is -0.378 e. The van der Waals surface area contributed by atoms with Gasteiger partial charge in [-0.05, 0) is 72.6 Å². The number of carbonyl (C=O) groups excluding carboxylic acids is 2. The molecule has 2 aromatic rings. The monoisotopic (exact) mass is 484 g/mol. The minimum absolute atomic E-state index is 0.0886. The molecule has 1 aliphatic heterocycles. The number of amides is 2. The quantitative estimate of drug-likeness (QED) is 0.479. The lowest BCUT2D eigenvalue weighted by Gasteiger charge is -2.31. The summed E-state index contributed by atoms with van der Waals surface area (Å²) in [5, 5.41) is 2.88. The molecule has 0 bridgehead atoms. The number of benzene rings is 2. The van der Waals surface area contributed by atoms with Gasteiger partial charge in [0.25, 0.3) is 5.91 Å². The van der Waals surface area contributed by atoms with Crippen molar-refractivity contribution >= 4 is 11.8 Å². The van der Waals surface area contributed by atoms with Crippen LogP contribution in [0.4, 0.5) is 8.78 Å². The normalized spacial score (nSPS) is 22.5. The molecule has 0 spiro atoms. The number of unbranched alkanes of at least 4 members (excludes halogenated alkanes) is 2. The first-order valence-electron chi connectivity index (χ1n) is 12.5. The van der Waals surface area contributed by atoms with E-state index < -0.39 is 11.9 Å². The van der Waals surface area contributed by atoms with Crippen LogP contribution in [0.2, 0.25) is 0 Å². The van der Waals surface area contributed by atoms with Crippen LogP contribution in [0, 0.1) is 17.0 Å². The van der Waals surface area contributed by atoms with Crippen molar-refractivity contribution in [2.24, 2.45) is 5.41 Å². The van der Waals surface area contributed by atoms with E-state index in [1.807, 2.05) is 12.1 Å². The van der Waals surface area contributed by atoms with Gasteiger partial charge in [-0.2, -0.15) is 0 Å². The molecule has 5 nitrogen and oxygen atoms in total. The van der Waals surface area contributed by atoms with Crippen molar-refractivity contribution in [2.75, 3.05) is 26.3 Å². The highest BCUT2D eigenvalue weighted by molar-refractivity contribution is 5.97. The van der Waals surface area contributed by atoms with Crippen molar-refractivity contribution in [1.82, 2.24) is 10.2 Å². The molecule has 1 heterocycles. The molecule has 3 atom stereocenters. The summed E-state index contributed by atoms with van der Waals surface area (Å²) in [6, 6.07) is 11.5. The summed E-state index contributed by atoms with van der Waals surface area (Å²) in [5.74, 6) is -0.593. The van der Waals surface area contributed by atoms with Gasteiger partial charge in [0, 0.05) is 18.7 Å². The minimum atomic E-state index is -0.617. The first-order valence-corrected chi connectivity index (χ1v) is 12.5. The zero-order valence-corrected chi connectivity index (χ0v) is 20.3. The molecule has 2 aromatic carbocycles. The predicted octanol–water partition coefficient (Wildman–Crippen LogP) is 5.07. The van der Waals surface area contributed by atoms with Gasteiger partial charge in [0.2, 0.25) is 5.91 Å². The molecule has 4 rings (SSSR count). The van der Waals surface area contributed by atoms with E-state index in [0.717, 1.165) is 32.1 Å². The Kier molecular flexibility index (Phi) is 8.16. The molecule has 7 heteroatoms. The number of nitrogens with zero attached hydrogens (tertiary/aromatic N) is 1. The number of hydrogen-bond donors (Lipinski definition) is 1. The smallest absolute Gasteiger partial charge is 0.251 e. The molecule has 0 radical (unpaired) electrons. The van der Waals surface area contributed by atoms with Crippen molar-refractivity contribution in [3.63, 3.8) is 0 Å². The fraction of sp³-hybridized carbons (Fsp3) is 0.500. The molecule has 1 unspecified atom stereocenters. The molecule has 2 aliphatic rings. The first kappa shape index (κ1) is 25.3. The first-order chi connectivity index (χ1) is 16.9. The summed E-state index contributed by atoms with van der Waals surface area (Å²) in [7, 11) is 0. The topological polar surface area (TPSA) is 58.6 Å². The standard InChI is InChI=1S/C28H34F2N2O3/c1-28(19-24(28)20-6-10-22(29)11-7-20)14-4-2-3-5-25(27(34)32-15-17-35-18-16-32)31-26(33)21-8-12-23(30)13-9-21/h6-13,24-25H,2-5,14-19H2,1H3,(H,31,33)/t24-,25-,28?/m0/s1. The summed E-state index contributed by atoms with van der Waals surface area (Å²) < 4.78 is 31.8. The molecule has 1 saturated heterocycles. The fourth-order valence-electron chi connectivity index (χ4n) is 5.06. The second-order valence-electron chi connectivity index (χ2n) is 10.0. The highest BCUT2D eigenvalue weighted by Crippen LogP contribution is 2.61. The van der Waals surface area contributed by atoms with Gasteiger partial charge < -0.3 is 15.0 Å². The molecular formula is C28H34F2N2O3. The molecule has 2 fully saturated rings. The summed E-state index contributed by atoms with van der Waals surface area (Å²) >= 11 is 0. The maximum atomic E-state index is 13.2. The molecule has 0 aromatic heterocycles. The number of morpholine rings is 1. The van der Waals surface area contributed by atoms with Crippen molar-refractivity contribution in [1.29, 1.82) is 0 Å². The lowest BCUT2D eigenvalue weighted by Crippen LogP contribution is -2.51. The number of carbonyl (C=O) groups is 2. The number of ether oxygens (including phenoxy) is 1. The molecule has 35 heavy (non-hydrogen) atoms. The zero-order valence-electron chi connectivity index (χ0n) is 20.3. The molecule has 1 aliphatic carbocycles. The van der Waals surface area contributed by atoms with Gasteiger partial charge in [-0.3, -0.25) is 9.59 Å². The van der Waals surface area contributed by atoms with E-state index in [0.29, 0.717) is 44.2 Å². The largest absolute Gasteiger partial charge is 0.378 e. The third-order valence-electron chi connectivity index (χ3n) is 7.40. The summed E-state index contributed by atoms with van der Waals surface area (Å²) in [6.45, 7) is 4.32. The Morgan fingerprint density at radius 2 is 1.63 bits per heavy atom. The Balaban J connectivity index is 1.27. The summed E-state index contributed by atoms with van der Waals surface area (Å²) in [6.07, 6.45) is 5.58. The number of halogens is 2. The third kappa shape index (κ3) is 6.66. The van der Waals surface area contributed by atoms with Crippen LogP contribution in [0.15, 0.2) is 48.5 Å². The fourth-order valence-corrected chi connectivity index (χ4v) is 5.06. The van der Waals surface area contributed by atoms with Crippen molar-refractivity contribution in [3.8, 4) is 0 Å². The maximum Gasteiger partial charge on any atom is 0.251 e. The predicted molar refractivity (Wildman–Crippen MR) is 130 cm³/mol.